The molecule has 0 radical (unpaired) electrons. The topological polar surface area (TPSA) is 139 Å². The van der Waals surface area contributed by atoms with Crippen LogP contribution in [0, 0.1) is 19.8 Å². The van der Waals surface area contributed by atoms with E-state index in [1.165, 1.54) is 4.90 Å². The number of nitrogens with zero attached hydrogens (tertiary/aromatic N) is 7. The molecule has 1 N–H and O–H groups in total. The van der Waals surface area contributed by atoms with Gasteiger partial charge < -0.3 is 15.1 Å². The average molecular weight is 489 g/mol. The van der Waals surface area contributed by atoms with Crippen LogP contribution >= 0.6 is 0 Å². The van der Waals surface area contributed by atoms with Gasteiger partial charge in [0.1, 0.15) is 29.1 Å². The molecule has 1 aliphatic heterocycles. The van der Waals surface area contributed by atoms with Gasteiger partial charge in [-0.05, 0) is 39.5 Å². The first kappa shape index (κ1) is 26.3. The van der Waals surface area contributed by atoms with Crippen molar-refractivity contribution in [2.45, 2.75) is 78.9 Å². The summed E-state index contributed by atoms with van der Waals surface area (Å²) in [6.07, 6.45) is 1.43. The van der Waals surface area contributed by atoms with Gasteiger partial charge in [0, 0.05) is 26.6 Å². The number of aryl methyl sites for hydroxylation is 2. The van der Waals surface area contributed by atoms with Gasteiger partial charge in [0.2, 0.25) is 17.7 Å². The smallest absolute Gasteiger partial charge is 0.243 e. The molecule has 0 saturated heterocycles. The molecule has 2 atom stereocenters. The van der Waals surface area contributed by atoms with Gasteiger partial charge in [0.05, 0.1) is 19.0 Å². The summed E-state index contributed by atoms with van der Waals surface area (Å²) < 4.78 is 6.51. The summed E-state index contributed by atoms with van der Waals surface area (Å²) in [7, 11) is 1.63. The van der Waals surface area contributed by atoms with Gasteiger partial charge in [-0.2, -0.15) is 5.10 Å². The Labute approximate surface area is 205 Å². The van der Waals surface area contributed by atoms with Crippen molar-refractivity contribution < 1.29 is 19.0 Å². The molecule has 3 amide bonds. The summed E-state index contributed by atoms with van der Waals surface area (Å²) in [5, 5.41) is 15.2. The third kappa shape index (κ3) is 6.64. The summed E-state index contributed by atoms with van der Waals surface area (Å²) in [6, 6.07) is -1.01. The van der Waals surface area contributed by atoms with E-state index in [2.05, 4.69) is 39.6 Å². The first-order chi connectivity index (χ1) is 16.6. The van der Waals surface area contributed by atoms with Crippen LogP contribution in [0.5, 0.6) is 0 Å². The number of nitrogens with one attached hydrogen (secondary N) is 1. The lowest BCUT2D eigenvalue weighted by Gasteiger charge is -2.29. The van der Waals surface area contributed by atoms with Crippen LogP contribution in [0.25, 0.3) is 0 Å². The highest BCUT2D eigenvalue weighted by atomic mass is 16.6. The molecule has 2 aromatic heterocycles. The van der Waals surface area contributed by atoms with E-state index >= 15 is 0 Å². The number of rotatable bonds is 4. The van der Waals surface area contributed by atoms with E-state index in [0.29, 0.717) is 55.5 Å². The maximum Gasteiger partial charge on any atom is 0.243 e. The molecule has 0 aliphatic carbocycles. The maximum absolute atomic E-state index is 13.1. The Hall–Kier alpha value is -3.31. The van der Waals surface area contributed by atoms with Gasteiger partial charge in [-0.15, -0.1) is 0 Å². The normalized spacial score (nSPS) is 20.5. The number of likely N-dealkylation sites (N-methyl/N-ethyl adjacent to an activating group) is 1. The minimum Gasteiger partial charge on any atom is -0.344 e. The number of hydrogen-bond acceptors (Lipinski definition) is 8. The zero-order valence-corrected chi connectivity index (χ0v) is 21.4. The van der Waals surface area contributed by atoms with Crippen molar-refractivity contribution in [2.24, 2.45) is 5.92 Å². The zero-order chi connectivity index (χ0) is 25.7. The predicted molar refractivity (Wildman–Crippen MR) is 126 cm³/mol. The molecule has 192 valence electrons. The lowest BCUT2D eigenvalue weighted by Crippen LogP contribution is -2.48. The Balaban J connectivity index is 1.91. The lowest BCUT2D eigenvalue weighted by atomic mass is 10.0. The summed E-state index contributed by atoms with van der Waals surface area (Å²) >= 11 is 0. The quantitative estimate of drug-likeness (QED) is 0.677. The minimum atomic E-state index is -0.641. The molecule has 1 aliphatic rings. The van der Waals surface area contributed by atoms with Gasteiger partial charge in [0.15, 0.2) is 0 Å². The van der Waals surface area contributed by atoms with E-state index in [4.69, 9.17) is 4.63 Å². The average Bonchev–Trinajstić information content (AvgIpc) is 3.37. The van der Waals surface area contributed by atoms with Crippen LogP contribution in [0.1, 0.15) is 69.1 Å². The lowest BCUT2D eigenvalue weighted by molar-refractivity contribution is -0.139. The second-order valence-electron chi connectivity index (χ2n) is 9.57. The van der Waals surface area contributed by atoms with Crippen molar-refractivity contribution in [2.75, 3.05) is 20.1 Å². The fourth-order valence-electron chi connectivity index (χ4n) is 4.12. The van der Waals surface area contributed by atoms with Gasteiger partial charge >= 0.3 is 0 Å². The summed E-state index contributed by atoms with van der Waals surface area (Å²) in [6.45, 7) is 10.6. The standard InChI is InChI=1S/C23H36N8O4/c1-14(2)12-19-22-24-17(5)26-31(22)11-10-30(21(33)13-18-15(3)27-35-28-18)9-7-8-20(32)29(6)16(4)23(34)25-19/h14,16,19H,7-13H2,1-6H3,(H,25,34)/t16-,19+/m0/s1. The summed E-state index contributed by atoms with van der Waals surface area (Å²) in [4.78, 5) is 46.7. The third-order valence-corrected chi connectivity index (χ3v) is 6.31. The molecule has 12 heteroatoms. The second-order valence-corrected chi connectivity index (χ2v) is 9.57. The fraction of sp³-hybridized carbons (Fsp3) is 0.696. The van der Waals surface area contributed by atoms with Crippen molar-refractivity contribution in [1.29, 1.82) is 0 Å². The minimum absolute atomic E-state index is 0.0650. The Bertz CT molecular complexity index is 1050. The van der Waals surface area contributed by atoms with E-state index in [-0.39, 0.29) is 42.5 Å². The van der Waals surface area contributed by atoms with Crippen LogP contribution in [-0.4, -0.2) is 78.8 Å². The molecule has 3 heterocycles. The number of carbonyl (C=O) groups is 3. The molecular weight excluding hydrogens is 452 g/mol. The predicted octanol–water partition coefficient (Wildman–Crippen LogP) is 1.19. The molecule has 0 fully saturated rings. The molecule has 35 heavy (non-hydrogen) atoms. The Morgan fingerprint density at radius 2 is 1.91 bits per heavy atom. The molecule has 0 aromatic carbocycles. The zero-order valence-electron chi connectivity index (χ0n) is 21.4. The van der Waals surface area contributed by atoms with Crippen LogP contribution in [0.15, 0.2) is 4.63 Å². The molecule has 0 saturated carbocycles. The van der Waals surface area contributed by atoms with Crippen molar-refractivity contribution >= 4 is 17.7 Å². The molecule has 0 unspecified atom stereocenters. The highest BCUT2D eigenvalue weighted by Gasteiger charge is 2.29. The second kappa shape index (κ2) is 11.4. The van der Waals surface area contributed by atoms with Gasteiger partial charge in [-0.25, -0.2) is 14.3 Å². The number of carbonyl (C=O) groups excluding carboxylic acids is 3. The van der Waals surface area contributed by atoms with E-state index in [0.717, 1.165) is 0 Å². The summed E-state index contributed by atoms with van der Waals surface area (Å²) in [5.41, 5.74) is 1.07. The first-order valence-electron chi connectivity index (χ1n) is 12.1. The van der Waals surface area contributed by atoms with Gasteiger partial charge in [-0.1, -0.05) is 24.2 Å². The highest BCUT2D eigenvalue weighted by Crippen LogP contribution is 2.21. The Kier molecular flexibility index (Phi) is 8.57. The molecule has 3 rings (SSSR count). The van der Waals surface area contributed by atoms with Crippen molar-refractivity contribution in [3.63, 3.8) is 0 Å². The molecule has 0 bridgehead atoms. The molecule has 0 spiro atoms. The van der Waals surface area contributed by atoms with Crippen molar-refractivity contribution in [1.82, 2.24) is 40.2 Å². The van der Waals surface area contributed by atoms with Crippen LogP contribution < -0.4 is 5.32 Å². The first-order valence-corrected chi connectivity index (χ1v) is 12.1. The summed E-state index contributed by atoms with van der Waals surface area (Å²) in [5.74, 6) is 1.02. The van der Waals surface area contributed by atoms with E-state index in [9.17, 15) is 14.4 Å². The van der Waals surface area contributed by atoms with Gasteiger partial charge in [0.25, 0.3) is 0 Å². The van der Waals surface area contributed by atoms with E-state index < -0.39 is 6.04 Å². The van der Waals surface area contributed by atoms with Crippen LogP contribution in [0.3, 0.4) is 0 Å². The number of aromatic nitrogens is 5. The third-order valence-electron chi connectivity index (χ3n) is 6.31. The fourth-order valence-corrected chi connectivity index (χ4v) is 4.12. The number of hydrogen-bond donors (Lipinski definition) is 1. The van der Waals surface area contributed by atoms with Crippen molar-refractivity contribution in [3.8, 4) is 0 Å². The Morgan fingerprint density at radius 3 is 2.57 bits per heavy atom. The monoisotopic (exact) mass is 488 g/mol. The number of fused-ring (bicyclic) bond motifs is 1. The van der Waals surface area contributed by atoms with Crippen LogP contribution in [-0.2, 0) is 27.3 Å². The SMILES string of the molecule is Cc1nc2n(n1)CCN(C(=O)Cc1nonc1C)CCCC(=O)N(C)[C@@H](C)C(=O)N[C@@H]2CC(C)C. The molecular formula is C23H36N8O4. The van der Waals surface area contributed by atoms with Gasteiger partial charge in [-0.3, -0.25) is 14.4 Å². The molecule has 2 aromatic rings. The van der Waals surface area contributed by atoms with Crippen LogP contribution in [0.4, 0.5) is 0 Å². The largest absolute Gasteiger partial charge is 0.344 e. The van der Waals surface area contributed by atoms with Crippen LogP contribution in [0.2, 0.25) is 0 Å². The van der Waals surface area contributed by atoms with Crippen molar-refractivity contribution in [3.05, 3.63) is 23.0 Å². The molecule has 12 nitrogen and oxygen atoms in total. The highest BCUT2D eigenvalue weighted by molar-refractivity contribution is 5.87. The Morgan fingerprint density at radius 1 is 1.17 bits per heavy atom. The maximum atomic E-state index is 13.1. The van der Waals surface area contributed by atoms with E-state index in [1.54, 1.807) is 37.4 Å². The van der Waals surface area contributed by atoms with E-state index in [1.807, 2.05) is 0 Å². The number of amides is 3.